The molecule has 106 valence electrons. The van der Waals surface area contributed by atoms with Crippen LogP contribution in [0.1, 0.15) is 49.7 Å². The number of ether oxygens (including phenoxy) is 1. The Labute approximate surface area is 118 Å². The summed E-state index contributed by atoms with van der Waals surface area (Å²) in [5, 5.41) is 4.28. The standard InChI is InChI=1S/C14H22N2O2S/c1-4-10(17)13-11(15)12(18-8(2)3)14(19-13)16-7-9-5-6-9/h8-9,16H,4-7,15H2,1-3H3. The molecule has 19 heavy (non-hydrogen) atoms. The van der Waals surface area contributed by atoms with Crippen LogP contribution in [0.15, 0.2) is 0 Å². The largest absolute Gasteiger partial charge is 0.486 e. The summed E-state index contributed by atoms with van der Waals surface area (Å²) < 4.78 is 5.77. The molecule has 0 bridgehead atoms. The molecular weight excluding hydrogens is 260 g/mol. The van der Waals surface area contributed by atoms with Crippen molar-refractivity contribution in [1.82, 2.24) is 0 Å². The number of thiophene rings is 1. The summed E-state index contributed by atoms with van der Waals surface area (Å²) in [6.07, 6.45) is 3.08. The fourth-order valence-electron chi connectivity index (χ4n) is 1.82. The highest BCUT2D eigenvalue weighted by molar-refractivity contribution is 7.19. The molecule has 1 aliphatic carbocycles. The zero-order valence-corrected chi connectivity index (χ0v) is 12.6. The molecule has 1 aromatic heterocycles. The third kappa shape index (κ3) is 3.41. The van der Waals surface area contributed by atoms with Gasteiger partial charge in [0.1, 0.15) is 5.00 Å². The Bertz CT molecular complexity index is 464. The maximum absolute atomic E-state index is 11.9. The molecule has 4 nitrogen and oxygen atoms in total. The fraction of sp³-hybridized carbons (Fsp3) is 0.643. The summed E-state index contributed by atoms with van der Waals surface area (Å²) in [7, 11) is 0. The van der Waals surface area contributed by atoms with E-state index in [1.807, 2.05) is 20.8 Å². The fourth-order valence-corrected chi connectivity index (χ4v) is 2.90. The first-order valence-electron chi connectivity index (χ1n) is 6.88. The van der Waals surface area contributed by atoms with Gasteiger partial charge in [0.15, 0.2) is 11.5 Å². The van der Waals surface area contributed by atoms with Crippen molar-refractivity contribution in [3.8, 4) is 5.75 Å². The van der Waals surface area contributed by atoms with E-state index in [1.165, 1.54) is 24.2 Å². The zero-order chi connectivity index (χ0) is 14.0. The van der Waals surface area contributed by atoms with Gasteiger partial charge in [-0.05, 0) is 32.6 Å². The molecule has 0 aromatic carbocycles. The summed E-state index contributed by atoms with van der Waals surface area (Å²) in [6, 6.07) is 0. The number of carbonyl (C=O) groups excluding carboxylic acids is 1. The van der Waals surface area contributed by atoms with Gasteiger partial charge in [0.05, 0.1) is 16.7 Å². The van der Waals surface area contributed by atoms with E-state index in [9.17, 15) is 4.79 Å². The lowest BCUT2D eigenvalue weighted by atomic mass is 10.2. The van der Waals surface area contributed by atoms with E-state index in [4.69, 9.17) is 10.5 Å². The maximum Gasteiger partial charge on any atom is 0.177 e. The Hall–Kier alpha value is -1.23. The van der Waals surface area contributed by atoms with Gasteiger partial charge < -0.3 is 15.8 Å². The van der Waals surface area contributed by atoms with Crippen LogP contribution in [0.4, 0.5) is 10.7 Å². The van der Waals surface area contributed by atoms with Crippen LogP contribution in [0.3, 0.4) is 0 Å². The average molecular weight is 282 g/mol. The van der Waals surface area contributed by atoms with Crippen molar-refractivity contribution in [2.45, 2.75) is 46.1 Å². The van der Waals surface area contributed by atoms with Crippen molar-refractivity contribution >= 4 is 27.8 Å². The molecular formula is C14H22N2O2S. The molecule has 1 aliphatic rings. The minimum Gasteiger partial charge on any atom is -0.486 e. The monoisotopic (exact) mass is 282 g/mol. The highest BCUT2D eigenvalue weighted by atomic mass is 32.1. The quantitative estimate of drug-likeness (QED) is 0.751. The highest BCUT2D eigenvalue weighted by Gasteiger charge is 2.25. The van der Waals surface area contributed by atoms with Crippen LogP contribution in [0.5, 0.6) is 5.75 Å². The lowest BCUT2D eigenvalue weighted by Crippen LogP contribution is -2.10. The summed E-state index contributed by atoms with van der Waals surface area (Å²) in [5.74, 6) is 1.49. The second kappa shape index (κ2) is 5.82. The predicted molar refractivity (Wildman–Crippen MR) is 80.3 cm³/mol. The third-order valence-corrected chi connectivity index (χ3v) is 4.26. The minimum absolute atomic E-state index is 0.0444. The molecule has 0 saturated heterocycles. The highest BCUT2D eigenvalue weighted by Crippen LogP contribution is 2.44. The molecule has 0 unspecified atom stereocenters. The van der Waals surface area contributed by atoms with Crippen LogP contribution in [0.25, 0.3) is 0 Å². The molecule has 1 heterocycles. The summed E-state index contributed by atoms with van der Waals surface area (Å²) in [6.45, 7) is 6.71. The van der Waals surface area contributed by atoms with E-state index in [-0.39, 0.29) is 11.9 Å². The molecule has 2 rings (SSSR count). The van der Waals surface area contributed by atoms with Gasteiger partial charge in [-0.2, -0.15) is 0 Å². The second-order valence-electron chi connectivity index (χ2n) is 5.27. The average Bonchev–Trinajstić information content (AvgIpc) is 3.14. The van der Waals surface area contributed by atoms with Gasteiger partial charge >= 0.3 is 0 Å². The van der Waals surface area contributed by atoms with Crippen molar-refractivity contribution in [2.24, 2.45) is 5.92 Å². The van der Waals surface area contributed by atoms with Gasteiger partial charge in [-0.3, -0.25) is 4.79 Å². The summed E-state index contributed by atoms with van der Waals surface area (Å²) in [4.78, 5) is 12.5. The molecule has 1 aromatic rings. The van der Waals surface area contributed by atoms with Crippen LogP contribution < -0.4 is 15.8 Å². The number of nitrogens with one attached hydrogen (secondary N) is 1. The second-order valence-corrected chi connectivity index (χ2v) is 6.29. The minimum atomic E-state index is 0.0444. The number of ketones is 1. The van der Waals surface area contributed by atoms with Gasteiger partial charge in [0, 0.05) is 13.0 Å². The SMILES string of the molecule is CCC(=O)c1sc(NCC2CC2)c(OC(C)C)c1N. The van der Waals surface area contributed by atoms with Crippen LogP contribution in [0.2, 0.25) is 0 Å². The number of rotatable bonds is 7. The molecule has 1 fully saturated rings. The Morgan fingerprint density at radius 3 is 2.74 bits per heavy atom. The van der Waals surface area contributed by atoms with Crippen molar-refractivity contribution in [1.29, 1.82) is 0 Å². The number of Topliss-reactive ketones (excluding diaryl/α,β-unsaturated/α-hetero) is 1. The zero-order valence-electron chi connectivity index (χ0n) is 11.8. The van der Waals surface area contributed by atoms with E-state index in [2.05, 4.69) is 5.32 Å². The Morgan fingerprint density at radius 1 is 1.53 bits per heavy atom. The number of nitrogens with two attached hydrogens (primary N) is 1. The first-order valence-corrected chi connectivity index (χ1v) is 7.70. The van der Waals surface area contributed by atoms with Crippen LogP contribution in [0, 0.1) is 5.92 Å². The molecule has 0 amide bonds. The van der Waals surface area contributed by atoms with Gasteiger partial charge in [-0.1, -0.05) is 6.92 Å². The Balaban J connectivity index is 2.23. The topological polar surface area (TPSA) is 64.3 Å². The lowest BCUT2D eigenvalue weighted by Gasteiger charge is -2.12. The molecule has 0 spiro atoms. The van der Waals surface area contributed by atoms with Crippen molar-refractivity contribution in [3.05, 3.63) is 4.88 Å². The van der Waals surface area contributed by atoms with Gasteiger partial charge in [-0.15, -0.1) is 11.3 Å². The summed E-state index contributed by atoms with van der Waals surface area (Å²) in [5.41, 5.74) is 6.57. The normalized spacial score (nSPS) is 14.7. The number of carbonyl (C=O) groups is 1. The first kappa shape index (κ1) is 14.2. The molecule has 0 aliphatic heterocycles. The smallest absolute Gasteiger partial charge is 0.177 e. The molecule has 5 heteroatoms. The van der Waals surface area contributed by atoms with E-state index in [0.717, 1.165) is 17.5 Å². The van der Waals surface area contributed by atoms with E-state index >= 15 is 0 Å². The Morgan fingerprint density at radius 2 is 2.21 bits per heavy atom. The van der Waals surface area contributed by atoms with Crippen molar-refractivity contribution in [2.75, 3.05) is 17.6 Å². The van der Waals surface area contributed by atoms with Crippen molar-refractivity contribution < 1.29 is 9.53 Å². The number of hydrogen-bond acceptors (Lipinski definition) is 5. The maximum atomic E-state index is 11.9. The van der Waals surface area contributed by atoms with Gasteiger partial charge in [0.25, 0.3) is 0 Å². The molecule has 0 radical (unpaired) electrons. The summed E-state index contributed by atoms with van der Waals surface area (Å²) >= 11 is 1.42. The van der Waals surface area contributed by atoms with Gasteiger partial charge in [0.2, 0.25) is 0 Å². The molecule has 1 saturated carbocycles. The number of anilines is 2. The first-order chi connectivity index (χ1) is 9.02. The van der Waals surface area contributed by atoms with Crippen LogP contribution in [-0.2, 0) is 0 Å². The molecule has 3 N–H and O–H groups in total. The lowest BCUT2D eigenvalue weighted by molar-refractivity contribution is 0.0992. The van der Waals surface area contributed by atoms with Gasteiger partial charge in [-0.25, -0.2) is 0 Å². The van der Waals surface area contributed by atoms with E-state index < -0.39 is 0 Å². The third-order valence-electron chi connectivity index (χ3n) is 3.08. The molecule has 0 atom stereocenters. The number of hydrogen-bond donors (Lipinski definition) is 2. The van der Waals surface area contributed by atoms with Crippen LogP contribution >= 0.6 is 11.3 Å². The van der Waals surface area contributed by atoms with Crippen LogP contribution in [-0.4, -0.2) is 18.4 Å². The number of nitrogen functional groups attached to an aromatic ring is 1. The van der Waals surface area contributed by atoms with E-state index in [1.54, 1.807) is 0 Å². The van der Waals surface area contributed by atoms with E-state index in [0.29, 0.717) is 22.7 Å². The Kier molecular flexibility index (Phi) is 4.34. The predicted octanol–water partition coefficient (Wildman–Crippen LogP) is 3.53. The van der Waals surface area contributed by atoms with Crippen molar-refractivity contribution in [3.63, 3.8) is 0 Å².